The molecule has 0 aliphatic carbocycles. The van der Waals surface area contributed by atoms with Crippen LogP contribution in [0.5, 0.6) is 11.5 Å². The highest BCUT2D eigenvalue weighted by molar-refractivity contribution is 5.81. The van der Waals surface area contributed by atoms with Gasteiger partial charge < -0.3 is 24.5 Å². The Balaban J connectivity index is 2.09. The first-order chi connectivity index (χ1) is 9.33. The lowest BCUT2D eigenvalue weighted by Gasteiger charge is -2.08. The first-order valence-electron chi connectivity index (χ1n) is 6.31. The van der Waals surface area contributed by atoms with E-state index in [1.807, 2.05) is 12.1 Å². The third-order valence-corrected chi connectivity index (χ3v) is 3.18. The third-order valence-electron chi connectivity index (χ3n) is 3.18. The first kappa shape index (κ1) is 12.3. The number of aromatic nitrogens is 2. The normalized spacial score (nSPS) is 13.4. The van der Waals surface area contributed by atoms with Crippen molar-refractivity contribution in [2.45, 2.75) is 19.6 Å². The summed E-state index contributed by atoms with van der Waals surface area (Å²) in [5.74, 6) is 2.42. The minimum Gasteiger partial charge on any atom is -0.454 e. The number of hydrogen-bond donors (Lipinski definition) is 1. The zero-order chi connectivity index (χ0) is 13.2. The Morgan fingerprint density at radius 1 is 1.37 bits per heavy atom. The number of hydrogen-bond acceptors (Lipinski definition) is 5. The van der Waals surface area contributed by atoms with E-state index in [9.17, 15) is 0 Å². The van der Waals surface area contributed by atoms with Crippen molar-refractivity contribution in [2.75, 3.05) is 20.4 Å². The molecule has 0 radical (unpaired) electrons. The minimum absolute atomic E-state index is 0.273. The molecular formula is C13H17N3O3. The Bertz CT molecular complexity index is 594. The molecule has 0 amide bonds. The second kappa shape index (κ2) is 5.07. The molecule has 0 spiro atoms. The lowest BCUT2D eigenvalue weighted by Crippen LogP contribution is -2.09. The lowest BCUT2D eigenvalue weighted by atomic mass is 10.2. The van der Waals surface area contributed by atoms with Gasteiger partial charge in [-0.05, 0) is 13.0 Å². The summed E-state index contributed by atoms with van der Waals surface area (Å²) < 4.78 is 18.1. The third kappa shape index (κ3) is 2.13. The molecule has 1 aliphatic heterocycles. The molecule has 0 saturated heterocycles. The van der Waals surface area contributed by atoms with E-state index in [4.69, 9.17) is 19.9 Å². The molecule has 2 heterocycles. The quantitative estimate of drug-likeness (QED) is 0.879. The molecule has 6 nitrogen and oxygen atoms in total. The maximum absolute atomic E-state index is 5.59. The van der Waals surface area contributed by atoms with Crippen molar-refractivity contribution in [2.24, 2.45) is 5.73 Å². The summed E-state index contributed by atoms with van der Waals surface area (Å²) in [4.78, 5) is 4.59. The fourth-order valence-electron chi connectivity index (χ4n) is 2.30. The summed E-state index contributed by atoms with van der Waals surface area (Å²) in [5, 5.41) is 0. The highest BCUT2D eigenvalue weighted by atomic mass is 16.7. The Hall–Kier alpha value is -1.79. The monoisotopic (exact) mass is 263 g/mol. The molecule has 1 aromatic heterocycles. The van der Waals surface area contributed by atoms with Crippen molar-refractivity contribution in [3.63, 3.8) is 0 Å². The molecule has 0 fully saturated rings. The minimum atomic E-state index is 0.273. The maximum Gasteiger partial charge on any atom is 0.231 e. The Morgan fingerprint density at radius 3 is 2.89 bits per heavy atom. The van der Waals surface area contributed by atoms with E-state index >= 15 is 0 Å². The van der Waals surface area contributed by atoms with Gasteiger partial charge in [0.15, 0.2) is 11.5 Å². The van der Waals surface area contributed by atoms with Crippen LogP contribution < -0.4 is 15.2 Å². The number of imidazole rings is 1. The van der Waals surface area contributed by atoms with E-state index in [2.05, 4.69) is 9.55 Å². The summed E-state index contributed by atoms with van der Waals surface area (Å²) in [5.41, 5.74) is 7.52. The number of rotatable bonds is 5. The molecule has 0 atom stereocenters. The van der Waals surface area contributed by atoms with Crippen molar-refractivity contribution in [1.82, 2.24) is 9.55 Å². The molecule has 2 N–H and O–H groups in total. The zero-order valence-corrected chi connectivity index (χ0v) is 10.9. The van der Waals surface area contributed by atoms with Gasteiger partial charge in [0.2, 0.25) is 6.79 Å². The van der Waals surface area contributed by atoms with Crippen LogP contribution >= 0.6 is 0 Å². The Kier molecular flexibility index (Phi) is 3.27. The van der Waals surface area contributed by atoms with Gasteiger partial charge in [-0.25, -0.2) is 4.98 Å². The molecular weight excluding hydrogens is 246 g/mol. The van der Waals surface area contributed by atoms with E-state index in [0.29, 0.717) is 13.2 Å². The molecule has 0 saturated carbocycles. The average molecular weight is 263 g/mol. The highest BCUT2D eigenvalue weighted by Crippen LogP contribution is 2.36. The number of nitrogens with two attached hydrogens (primary N) is 1. The van der Waals surface area contributed by atoms with Crippen molar-refractivity contribution in [1.29, 1.82) is 0 Å². The first-order valence-corrected chi connectivity index (χ1v) is 6.31. The van der Waals surface area contributed by atoms with Crippen LogP contribution in [0, 0.1) is 0 Å². The number of benzene rings is 1. The van der Waals surface area contributed by atoms with Crippen LogP contribution in [0.4, 0.5) is 0 Å². The molecule has 0 bridgehead atoms. The van der Waals surface area contributed by atoms with Gasteiger partial charge in [0.25, 0.3) is 0 Å². The molecule has 1 aliphatic rings. The zero-order valence-electron chi connectivity index (χ0n) is 10.9. The second-order valence-electron chi connectivity index (χ2n) is 4.45. The molecule has 0 unspecified atom stereocenters. The number of aryl methyl sites for hydroxylation is 1. The standard InChI is InChI=1S/C13H17N3O3/c1-17-7-13-15-9-5-11-12(19-8-18-11)6-10(9)16(13)4-2-3-14/h5-6H,2-4,7-8,14H2,1H3. The van der Waals surface area contributed by atoms with E-state index in [1.54, 1.807) is 7.11 Å². The lowest BCUT2D eigenvalue weighted by molar-refractivity contribution is 0.173. The summed E-state index contributed by atoms with van der Waals surface area (Å²) in [6, 6.07) is 3.89. The number of ether oxygens (including phenoxy) is 3. The van der Waals surface area contributed by atoms with E-state index in [-0.39, 0.29) is 6.79 Å². The maximum atomic E-state index is 5.59. The van der Waals surface area contributed by atoms with E-state index < -0.39 is 0 Å². The van der Waals surface area contributed by atoms with Gasteiger partial charge in [-0.15, -0.1) is 0 Å². The van der Waals surface area contributed by atoms with Gasteiger partial charge in [0.05, 0.1) is 11.0 Å². The number of fused-ring (bicyclic) bond motifs is 2. The van der Waals surface area contributed by atoms with Crippen molar-refractivity contribution in [3.05, 3.63) is 18.0 Å². The predicted octanol–water partition coefficient (Wildman–Crippen LogP) is 1.26. The SMILES string of the molecule is COCc1nc2cc3c(cc2n1CCCN)OCO3. The van der Waals surface area contributed by atoms with Gasteiger partial charge in [0, 0.05) is 25.8 Å². The smallest absolute Gasteiger partial charge is 0.231 e. The highest BCUT2D eigenvalue weighted by Gasteiger charge is 2.18. The number of methoxy groups -OCH3 is 1. The fourth-order valence-corrected chi connectivity index (χ4v) is 2.30. The molecule has 1 aromatic carbocycles. The van der Waals surface area contributed by atoms with Crippen LogP contribution in [0.3, 0.4) is 0 Å². The van der Waals surface area contributed by atoms with Crippen molar-refractivity contribution >= 4 is 11.0 Å². The van der Waals surface area contributed by atoms with E-state index in [1.165, 1.54) is 0 Å². The fraction of sp³-hybridized carbons (Fsp3) is 0.462. The Morgan fingerprint density at radius 2 is 2.16 bits per heavy atom. The molecule has 102 valence electrons. The summed E-state index contributed by atoms with van der Waals surface area (Å²) in [6.07, 6.45) is 0.899. The van der Waals surface area contributed by atoms with Crippen LogP contribution in [0.1, 0.15) is 12.2 Å². The van der Waals surface area contributed by atoms with Crippen LogP contribution in [-0.2, 0) is 17.9 Å². The van der Waals surface area contributed by atoms with Crippen molar-refractivity contribution < 1.29 is 14.2 Å². The predicted molar refractivity (Wildman–Crippen MR) is 70.2 cm³/mol. The van der Waals surface area contributed by atoms with E-state index in [0.717, 1.165) is 41.3 Å². The molecule has 19 heavy (non-hydrogen) atoms. The van der Waals surface area contributed by atoms with Gasteiger partial charge in [-0.2, -0.15) is 0 Å². The number of nitrogens with zero attached hydrogens (tertiary/aromatic N) is 2. The van der Waals surface area contributed by atoms with Crippen LogP contribution in [0.2, 0.25) is 0 Å². The largest absolute Gasteiger partial charge is 0.454 e. The topological polar surface area (TPSA) is 71.5 Å². The summed E-state index contributed by atoms with van der Waals surface area (Å²) in [6.45, 7) is 2.23. The van der Waals surface area contributed by atoms with Gasteiger partial charge in [0.1, 0.15) is 12.4 Å². The van der Waals surface area contributed by atoms with Crippen molar-refractivity contribution in [3.8, 4) is 11.5 Å². The summed E-state index contributed by atoms with van der Waals surface area (Å²) >= 11 is 0. The average Bonchev–Trinajstić information content (AvgIpc) is 2.98. The molecule has 6 heteroatoms. The van der Waals surface area contributed by atoms with Crippen LogP contribution in [0.25, 0.3) is 11.0 Å². The summed E-state index contributed by atoms with van der Waals surface area (Å²) in [7, 11) is 1.67. The Labute approximate surface area is 111 Å². The van der Waals surface area contributed by atoms with Gasteiger partial charge >= 0.3 is 0 Å². The van der Waals surface area contributed by atoms with Crippen LogP contribution in [0.15, 0.2) is 12.1 Å². The molecule has 2 aromatic rings. The molecule has 3 rings (SSSR count). The second-order valence-corrected chi connectivity index (χ2v) is 4.45. The van der Waals surface area contributed by atoms with Gasteiger partial charge in [-0.1, -0.05) is 0 Å². The van der Waals surface area contributed by atoms with Gasteiger partial charge in [-0.3, -0.25) is 0 Å². The van der Waals surface area contributed by atoms with Crippen LogP contribution in [-0.4, -0.2) is 30.0 Å².